The van der Waals surface area contributed by atoms with Crippen LogP contribution in [0.1, 0.15) is 25.5 Å². The summed E-state index contributed by atoms with van der Waals surface area (Å²) in [6.07, 6.45) is -0.0166. The predicted molar refractivity (Wildman–Crippen MR) is 72.9 cm³/mol. The minimum atomic E-state index is -0.472. The Hall–Kier alpha value is -0.610. The SMILES string of the molecule is C[C@@H]1CN(C[C@@H](O)c2ccc(Cl)cc2)C[C@@H](C)O1. The maximum atomic E-state index is 10.2. The van der Waals surface area contributed by atoms with Crippen molar-refractivity contribution in [2.45, 2.75) is 32.2 Å². The zero-order valence-electron chi connectivity index (χ0n) is 10.8. The molecule has 100 valence electrons. The molecule has 3 atom stereocenters. The zero-order valence-corrected chi connectivity index (χ0v) is 11.6. The van der Waals surface area contributed by atoms with Crippen molar-refractivity contribution in [3.63, 3.8) is 0 Å². The summed E-state index contributed by atoms with van der Waals surface area (Å²) in [5, 5.41) is 10.9. The number of hydrogen-bond acceptors (Lipinski definition) is 3. The summed E-state index contributed by atoms with van der Waals surface area (Å²) in [4.78, 5) is 2.25. The van der Waals surface area contributed by atoms with Gasteiger partial charge >= 0.3 is 0 Å². The van der Waals surface area contributed by atoms with Crippen LogP contribution in [0.3, 0.4) is 0 Å². The van der Waals surface area contributed by atoms with Gasteiger partial charge in [-0.05, 0) is 31.5 Å². The van der Waals surface area contributed by atoms with Gasteiger partial charge in [0.2, 0.25) is 0 Å². The molecule has 0 radical (unpaired) electrons. The monoisotopic (exact) mass is 269 g/mol. The number of aliphatic hydroxyl groups excluding tert-OH is 1. The van der Waals surface area contributed by atoms with Gasteiger partial charge in [-0.2, -0.15) is 0 Å². The zero-order chi connectivity index (χ0) is 13.1. The van der Waals surface area contributed by atoms with Gasteiger partial charge in [0, 0.05) is 24.7 Å². The first kappa shape index (κ1) is 13.8. The number of rotatable bonds is 3. The molecule has 3 nitrogen and oxygen atoms in total. The Bertz CT molecular complexity index is 372. The van der Waals surface area contributed by atoms with Gasteiger partial charge in [0.15, 0.2) is 0 Å². The van der Waals surface area contributed by atoms with E-state index in [1.165, 1.54) is 0 Å². The molecule has 4 heteroatoms. The van der Waals surface area contributed by atoms with Gasteiger partial charge in [0.25, 0.3) is 0 Å². The molecule has 0 aliphatic carbocycles. The smallest absolute Gasteiger partial charge is 0.0916 e. The average Bonchev–Trinajstić information content (AvgIpc) is 2.28. The summed E-state index contributed by atoms with van der Waals surface area (Å²) in [7, 11) is 0. The Morgan fingerprint density at radius 1 is 1.28 bits per heavy atom. The molecule has 1 fully saturated rings. The van der Waals surface area contributed by atoms with Crippen LogP contribution in [0.15, 0.2) is 24.3 Å². The fourth-order valence-corrected chi connectivity index (χ4v) is 2.59. The largest absolute Gasteiger partial charge is 0.387 e. The number of hydrogen-bond donors (Lipinski definition) is 1. The number of ether oxygens (including phenoxy) is 1. The number of halogens is 1. The van der Waals surface area contributed by atoms with Crippen molar-refractivity contribution in [1.29, 1.82) is 0 Å². The first-order valence-electron chi connectivity index (χ1n) is 6.36. The van der Waals surface area contributed by atoms with Gasteiger partial charge in [-0.25, -0.2) is 0 Å². The molecule has 0 spiro atoms. The minimum Gasteiger partial charge on any atom is -0.387 e. The summed E-state index contributed by atoms with van der Waals surface area (Å²) < 4.78 is 5.68. The third-order valence-electron chi connectivity index (χ3n) is 3.18. The van der Waals surface area contributed by atoms with E-state index in [0.717, 1.165) is 18.7 Å². The maximum Gasteiger partial charge on any atom is 0.0916 e. The normalized spacial score (nSPS) is 27.1. The maximum absolute atomic E-state index is 10.2. The van der Waals surface area contributed by atoms with Crippen LogP contribution in [0.2, 0.25) is 5.02 Å². The summed E-state index contributed by atoms with van der Waals surface area (Å²) in [5.41, 5.74) is 0.909. The van der Waals surface area contributed by atoms with E-state index in [2.05, 4.69) is 18.7 Å². The molecular formula is C14H20ClNO2. The van der Waals surface area contributed by atoms with E-state index in [1.54, 1.807) is 0 Å². The molecule has 0 amide bonds. The second-order valence-electron chi connectivity index (χ2n) is 5.04. The summed E-state index contributed by atoms with van der Waals surface area (Å²) in [5.74, 6) is 0. The van der Waals surface area contributed by atoms with Gasteiger partial charge < -0.3 is 9.84 Å². The van der Waals surface area contributed by atoms with Crippen LogP contribution < -0.4 is 0 Å². The van der Waals surface area contributed by atoms with E-state index >= 15 is 0 Å². The second-order valence-corrected chi connectivity index (χ2v) is 5.48. The lowest BCUT2D eigenvalue weighted by Gasteiger charge is -2.36. The lowest BCUT2D eigenvalue weighted by molar-refractivity contribution is -0.0767. The fourth-order valence-electron chi connectivity index (χ4n) is 2.47. The van der Waals surface area contributed by atoms with Crippen molar-refractivity contribution >= 4 is 11.6 Å². The number of β-amino-alcohol motifs (C(OH)–C–C–N with tert-alkyl or cyclic N) is 1. The first-order chi connectivity index (χ1) is 8.54. The lowest BCUT2D eigenvalue weighted by atomic mass is 10.1. The average molecular weight is 270 g/mol. The van der Waals surface area contributed by atoms with E-state index < -0.39 is 6.10 Å². The van der Waals surface area contributed by atoms with Gasteiger partial charge in [0.1, 0.15) is 0 Å². The van der Waals surface area contributed by atoms with Crippen molar-refractivity contribution in [3.05, 3.63) is 34.9 Å². The van der Waals surface area contributed by atoms with Gasteiger partial charge in [0.05, 0.1) is 18.3 Å². The van der Waals surface area contributed by atoms with Crippen molar-refractivity contribution in [1.82, 2.24) is 4.90 Å². The van der Waals surface area contributed by atoms with Crippen LogP contribution in [0.25, 0.3) is 0 Å². The molecule has 1 N–H and O–H groups in total. The van der Waals surface area contributed by atoms with Crippen LogP contribution in [0, 0.1) is 0 Å². The van der Waals surface area contributed by atoms with E-state index in [4.69, 9.17) is 16.3 Å². The molecular weight excluding hydrogens is 250 g/mol. The Morgan fingerprint density at radius 3 is 2.39 bits per heavy atom. The highest BCUT2D eigenvalue weighted by Gasteiger charge is 2.24. The molecule has 0 unspecified atom stereocenters. The molecule has 1 aromatic carbocycles. The van der Waals surface area contributed by atoms with Crippen LogP contribution in [-0.2, 0) is 4.74 Å². The van der Waals surface area contributed by atoms with Crippen molar-refractivity contribution < 1.29 is 9.84 Å². The van der Waals surface area contributed by atoms with Crippen molar-refractivity contribution in [2.24, 2.45) is 0 Å². The Kier molecular flexibility index (Phi) is 4.62. The van der Waals surface area contributed by atoms with E-state index in [1.807, 2.05) is 24.3 Å². The fraction of sp³-hybridized carbons (Fsp3) is 0.571. The minimum absolute atomic E-state index is 0.228. The molecule has 2 rings (SSSR count). The number of nitrogens with zero attached hydrogens (tertiary/aromatic N) is 1. The van der Waals surface area contributed by atoms with E-state index in [0.29, 0.717) is 11.6 Å². The topological polar surface area (TPSA) is 32.7 Å². The predicted octanol–water partition coefficient (Wildman–Crippen LogP) is 2.48. The molecule has 1 heterocycles. The summed E-state index contributed by atoms with van der Waals surface area (Å²) >= 11 is 5.84. The molecule has 18 heavy (non-hydrogen) atoms. The Balaban J connectivity index is 1.94. The van der Waals surface area contributed by atoms with E-state index in [-0.39, 0.29) is 12.2 Å². The Morgan fingerprint density at radius 2 is 1.83 bits per heavy atom. The molecule has 1 aliphatic heterocycles. The summed E-state index contributed by atoms with van der Waals surface area (Å²) in [6.45, 7) is 6.51. The van der Waals surface area contributed by atoms with Crippen molar-refractivity contribution in [2.75, 3.05) is 19.6 Å². The highest BCUT2D eigenvalue weighted by Crippen LogP contribution is 2.19. The number of benzene rings is 1. The highest BCUT2D eigenvalue weighted by molar-refractivity contribution is 6.30. The van der Waals surface area contributed by atoms with Crippen LogP contribution in [0.5, 0.6) is 0 Å². The first-order valence-corrected chi connectivity index (χ1v) is 6.73. The molecule has 1 saturated heterocycles. The van der Waals surface area contributed by atoms with Gasteiger partial charge in [-0.15, -0.1) is 0 Å². The second kappa shape index (κ2) is 6.02. The highest BCUT2D eigenvalue weighted by atomic mass is 35.5. The molecule has 1 aliphatic rings. The number of aliphatic hydroxyl groups is 1. The van der Waals surface area contributed by atoms with Crippen LogP contribution in [-0.4, -0.2) is 41.8 Å². The third kappa shape index (κ3) is 3.69. The van der Waals surface area contributed by atoms with Gasteiger partial charge in [-0.3, -0.25) is 4.90 Å². The molecule has 1 aromatic rings. The third-order valence-corrected chi connectivity index (χ3v) is 3.43. The van der Waals surface area contributed by atoms with E-state index in [9.17, 15) is 5.11 Å². The lowest BCUT2D eigenvalue weighted by Crippen LogP contribution is -2.46. The van der Waals surface area contributed by atoms with Crippen molar-refractivity contribution in [3.8, 4) is 0 Å². The molecule has 0 aromatic heterocycles. The van der Waals surface area contributed by atoms with Crippen LogP contribution in [0.4, 0.5) is 0 Å². The van der Waals surface area contributed by atoms with Gasteiger partial charge in [-0.1, -0.05) is 23.7 Å². The molecule has 0 saturated carbocycles. The summed E-state index contributed by atoms with van der Waals surface area (Å²) in [6, 6.07) is 7.37. The quantitative estimate of drug-likeness (QED) is 0.915. The molecule has 0 bridgehead atoms. The number of morpholine rings is 1. The van der Waals surface area contributed by atoms with Crippen LogP contribution >= 0.6 is 11.6 Å². The standard InChI is InChI=1S/C14H20ClNO2/c1-10-7-16(8-11(2)18-10)9-14(17)12-3-5-13(15)6-4-12/h3-6,10-11,14,17H,7-9H2,1-2H3/t10-,11-,14-/m1/s1. The Labute approximate surface area is 113 Å².